The molecule has 2 bridgehead atoms. The van der Waals surface area contributed by atoms with Gasteiger partial charge in [-0.25, -0.2) is 0 Å². The average molecular weight is 141 g/mol. The second-order valence-electron chi connectivity index (χ2n) is 3.63. The molecule has 0 aromatic carbocycles. The zero-order chi connectivity index (χ0) is 7.14. The number of nitrogens with two attached hydrogens (primary N) is 1. The van der Waals surface area contributed by atoms with Crippen molar-refractivity contribution >= 4 is 0 Å². The van der Waals surface area contributed by atoms with E-state index < -0.39 is 0 Å². The minimum atomic E-state index is 0.329. The highest BCUT2D eigenvalue weighted by Crippen LogP contribution is 2.39. The van der Waals surface area contributed by atoms with Crippen molar-refractivity contribution < 1.29 is 4.74 Å². The van der Waals surface area contributed by atoms with Gasteiger partial charge in [-0.3, -0.25) is 0 Å². The number of hydrogen-bond donors (Lipinski definition) is 1. The van der Waals surface area contributed by atoms with Crippen molar-refractivity contribution in [2.75, 3.05) is 0 Å². The maximum Gasteiger partial charge on any atom is 0.0623 e. The zero-order valence-corrected chi connectivity index (χ0v) is 6.42. The third-order valence-electron chi connectivity index (χ3n) is 2.83. The summed E-state index contributed by atoms with van der Waals surface area (Å²) in [6.07, 6.45) is 4.79. The highest BCUT2D eigenvalue weighted by molar-refractivity contribution is 4.92. The smallest absolute Gasteiger partial charge is 0.0623 e. The van der Waals surface area contributed by atoms with Gasteiger partial charge in [0.15, 0.2) is 0 Å². The Morgan fingerprint density at radius 1 is 1.50 bits per heavy atom. The Kier molecular flexibility index (Phi) is 1.46. The molecule has 2 aliphatic rings. The van der Waals surface area contributed by atoms with Crippen LogP contribution in [0.5, 0.6) is 0 Å². The minimum Gasteiger partial charge on any atom is -0.375 e. The van der Waals surface area contributed by atoms with E-state index in [0.29, 0.717) is 24.2 Å². The van der Waals surface area contributed by atoms with Gasteiger partial charge in [0.1, 0.15) is 0 Å². The van der Waals surface area contributed by atoms with E-state index in [2.05, 4.69) is 6.92 Å². The van der Waals surface area contributed by atoms with Crippen LogP contribution in [0.1, 0.15) is 26.2 Å². The van der Waals surface area contributed by atoms with Gasteiger partial charge in [-0.1, -0.05) is 0 Å². The Bertz CT molecular complexity index is 135. The van der Waals surface area contributed by atoms with Crippen LogP contribution in [0, 0.1) is 5.92 Å². The number of fused-ring (bicyclic) bond motifs is 2. The van der Waals surface area contributed by atoms with Gasteiger partial charge in [0, 0.05) is 12.0 Å². The Morgan fingerprint density at radius 3 is 2.60 bits per heavy atom. The van der Waals surface area contributed by atoms with Crippen molar-refractivity contribution in [1.29, 1.82) is 0 Å². The van der Waals surface area contributed by atoms with E-state index in [1.165, 1.54) is 19.3 Å². The molecule has 2 saturated heterocycles. The van der Waals surface area contributed by atoms with Crippen molar-refractivity contribution in [1.82, 2.24) is 0 Å². The van der Waals surface area contributed by atoms with Crippen molar-refractivity contribution in [3.8, 4) is 0 Å². The molecule has 0 saturated carbocycles. The van der Waals surface area contributed by atoms with E-state index in [1.807, 2.05) is 0 Å². The summed E-state index contributed by atoms with van der Waals surface area (Å²) < 4.78 is 5.67. The van der Waals surface area contributed by atoms with Crippen LogP contribution in [-0.4, -0.2) is 18.2 Å². The third-order valence-corrected chi connectivity index (χ3v) is 2.83. The predicted octanol–water partition coefficient (Wildman–Crippen LogP) is 0.901. The topological polar surface area (TPSA) is 35.2 Å². The van der Waals surface area contributed by atoms with Crippen molar-refractivity contribution in [3.05, 3.63) is 0 Å². The molecule has 0 amide bonds. The Morgan fingerprint density at radius 2 is 2.30 bits per heavy atom. The van der Waals surface area contributed by atoms with E-state index in [9.17, 15) is 0 Å². The van der Waals surface area contributed by atoms with E-state index in [1.54, 1.807) is 0 Å². The predicted molar refractivity (Wildman–Crippen MR) is 39.7 cm³/mol. The molecule has 2 nitrogen and oxygen atoms in total. The second-order valence-corrected chi connectivity index (χ2v) is 3.63. The summed E-state index contributed by atoms with van der Waals surface area (Å²) in [7, 11) is 0. The standard InChI is InChI=1S/C8H15NO/c1-5(9)7-4-6-2-3-8(7)10-6/h5-8H,2-4,9H2,1H3/t5-,6?,7?,8?/m0/s1. The van der Waals surface area contributed by atoms with Crippen LogP contribution in [-0.2, 0) is 4.74 Å². The first-order valence-electron chi connectivity index (χ1n) is 4.18. The average Bonchev–Trinajstić information content (AvgIpc) is 2.44. The van der Waals surface area contributed by atoms with Crippen LogP contribution in [0.2, 0.25) is 0 Å². The molecule has 58 valence electrons. The summed E-state index contributed by atoms with van der Waals surface area (Å²) in [4.78, 5) is 0. The lowest BCUT2D eigenvalue weighted by atomic mass is 9.85. The summed E-state index contributed by atoms with van der Waals surface area (Å²) in [6, 6.07) is 0.329. The lowest BCUT2D eigenvalue weighted by molar-refractivity contribution is 0.0895. The molecule has 0 aromatic rings. The number of hydrogen-bond acceptors (Lipinski definition) is 2. The Hall–Kier alpha value is -0.0800. The van der Waals surface area contributed by atoms with Crippen molar-refractivity contribution in [3.63, 3.8) is 0 Å². The Labute approximate surface area is 61.7 Å². The molecule has 2 fully saturated rings. The van der Waals surface area contributed by atoms with E-state index in [0.717, 1.165) is 0 Å². The number of rotatable bonds is 1. The molecular formula is C8H15NO. The van der Waals surface area contributed by atoms with Gasteiger partial charge in [-0.2, -0.15) is 0 Å². The molecule has 3 unspecified atom stereocenters. The zero-order valence-electron chi connectivity index (χ0n) is 6.42. The van der Waals surface area contributed by atoms with Crippen LogP contribution in [0.15, 0.2) is 0 Å². The molecule has 2 heterocycles. The van der Waals surface area contributed by atoms with Crippen LogP contribution in [0.3, 0.4) is 0 Å². The van der Waals surface area contributed by atoms with Crippen LogP contribution < -0.4 is 5.73 Å². The second kappa shape index (κ2) is 2.21. The van der Waals surface area contributed by atoms with Crippen LogP contribution >= 0.6 is 0 Å². The van der Waals surface area contributed by atoms with E-state index in [4.69, 9.17) is 10.5 Å². The van der Waals surface area contributed by atoms with Crippen LogP contribution in [0.25, 0.3) is 0 Å². The SMILES string of the molecule is C[C@H](N)C1CC2CCC1O2. The monoisotopic (exact) mass is 141 g/mol. The van der Waals surface area contributed by atoms with E-state index >= 15 is 0 Å². The van der Waals surface area contributed by atoms with Gasteiger partial charge in [-0.05, 0) is 26.2 Å². The first kappa shape index (κ1) is 6.62. The van der Waals surface area contributed by atoms with Crippen molar-refractivity contribution in [2.24, 2.45) is 11.7 Å². The van der Waals surface area contributed by atoms with Gasteiger partial charge in [0.25, 0.3) is 0 Å². The summed E-state index contributed by atoms with van der Waals surface area (Å²) in [6.45, 7) is 2.09. The molecule has 2 heteroatoms. The Balaban J connectivity index is 2.02. The fourth-order valence-corrected chi connectivity index (χ4v) is 2.23. The minimum absolute atomic E-state index is 0.329. The fraction of sp³-hybridized carbons (Fsp3) is 1.00. The molecule has 0 spiro atoms. The first-order chi connectivity index (χ1) is 4.77. The molecule has 2 aliphatic heterocycles. The van der Waals surface area contributed by atoms with Gasteiger partial charge in [0.2, 0.25) is 0 Å². The molecule has 2 rings (SSSR count). The van der Waals surface area contributed by atoms with Gasteiger partial charge in [0.05, 0.1) is 12.2 Å². The highest BCUT2D eigenvalue weighted by Gasteiger charge is 2.41. The normalized spacial score (nSPS) is 48.0. The third kappa shape index (κ3) is 0.867. The molecule has 10 heavy (non-hydrogen) atoms. The lowest BCUT2D eigenvalue weighted by Gasteiger charge is -2.21. The maximum atomic E-state index is 5.80. The number of ether oxygens (including phenoxy) is 1. The van der Waals surface area contributed by atoms with Gasteiger partial charge in [-0.15, -0.1) is 0 Å². The van der Waals surface area contributed by atoms with Gasteiger partial charge < -0.3 is 10.5 Å². The molecule has 0 radical (unpaired) electrons. The van der Waals surface area contributed by atoms with E-state index in [-0.39, 0.29) is 0 Å². The summed E-state index contributed by atoms with van der Waals surface area (Å²) in [5, 5.41) is 0. The molecule has 0 aliphatic carbocycles. The van der Waals surface area contributed by atoms with Crippen molar-refractivity contribution in [2.45, 2.75) is 44.4 Å². The fourth-order valence-electron chi connectivity index (χ4n) is 2.23. The van der Waals surface area contributed by atoms with Gasteiger partial charge >= 0.3 is 0 Å². The molecule has 4 atom stereocenters. The summed E-state index contributed by atoms with van der Waals surface area (Å²) in [5.74, 6) is 0.652. The highest BCUT2D eigenvalue weighted by atomic mass is 16.5. The van der Waals surface area contributed by atoms with Crippen LogP contribution in [0.4, 0.5) is 0 Å². The first-order valence-corrected chi connectivity index (χ1v) is 4.18. The summed E-state index contributed by atoms with van der Waals surface area (Å²) in [5.41, 5.74) is 5.80. The molecular weight excluding hydrogens is 126 g/mol. The summed E-state index contributed by atoms with van der Waals surface area (Å²) >= 11 is 0. The molecule has 2 N–H and O–H groups in total. The largest absolute Gasteiger partial charge is 0.375 e. The quantitative estimate of drug-likeness (QED) is 0.589. The lowest BCUT2D eigenvalue weighted by Crippen LogP contribution is -2.33. The maximum absolute atomic E-state index is 5.80. The molecule has 0 aromatic heterocycles.